The predicted molar refractivity (Wildman–Crippen MR) is 27.8 cm³/mol. The molecule has 6 heavy (non-hydrogen) atoms. The minimum Gasteiger partial charge on any atom is -0.206 e. The third-order valence-electron chi connectivity index (χ3n) is 0.164. The van der Waals surface area contributed by atoms with E-state index in [2.05, 4.69) is 0 Å². The minimum absolute atomic E-state index is 0.0295. The highest BCUT2D eigenvalue weighted by atomic mass is 127. The Kier molecular flexibility index (Phi) is 3.37. The van der Waals surface area contributed by atoms with Crippen LogP contribution in [0, 0.1) is 0 Å². The molecule has 0 heterocycles. The Morgan fingerprint density at radius 3 is 2.33 bits per heavy atom. The average molecular weight is 202 g/mol. The van der Waals surface area contributed by atoms with Gasteiger partial charge in [-0.1, -0.05) is 0 Å². The fraction of sp³-hybridized carbons (Fsp3) is 0. The Bertz CT molecular complexity index is 87.0. The van der Waals surface area contributed by atoms with E-state index in [1.165, 1.54) is 22.6 Å². The van der Waals surface area contributed by atoms with E-state index in [0.717, 1.165) is 0 Å². The molecule has 0 aromatic rings. The summed E-state index contributed by atoms with van der Waals surface area (Å²) in [5.74, 6) is 0. The van der Waals surface area contributed by atoms with E-state index in [1.54, 1.807) is 5.73 Å². The lowest BCUT2D eigenvalue weighted by molar-refractivity contribution is 0.696. The lowest BCUT2D eigenvalue weighted by atomic mass is 10.9. The molecule has 0 radical (unpaired) electrons. The second kappa shape index (κ2) is 3.31. The van der Waals surface area contributed by atoms with Crippen LogP contribution in [0.4, 0.5) is 8.78 Å². The van der Waals surface area contributed by atoms with Gasteiger partial charge in [0.1, 0.15) is 6.33 Å². The standard InChI is InChI=1S/C3HF2I/c4-2-1-3(5)6/h2H. The molecule has 0 nitrogen and oxygen atoms in total. The van der Waals surface area contributed by atoms with Crippen molar-refractivity contribution < 1.29 is 8.78 Å². The van der Waals surface area contributed by atoms with Crippen LogP contribution in [0.1, 0.15) is 0 Å². The van der Waals surface area contributed by atoms with E-state index >= 15 is 0 Å². The van der Waals surface area contributed by atoms with Crippen LogP contribution in [0.3, 0.4) is 0 Å². The van der Waals surface area contributed by atoms with Crippen molar-refractivity contribution >= 4 is 22.6 Å². The fourth-order valence-corrected chi connectivity index (χ4v) is 0.159. The van der Waals surface area contributed by atoms with E-state index in [4.69, 9.17) is 0 Å². The Hall–Kier alpha value is 0.110. The first-order valence-electron chi connectivity index (χ1n) is 1.13. The highest BCUT2D eigenvalue weighted by Crippen LogP contribution is 2.02. The van der Waals surface area contributed by atoms with Gasteiger partial charge < -0.3 is 0 Å². The zero-order chi connectivity index (χ0) is 4.99. The van der Waals surface area contributed by atoms with Crippen molar-refractivity contribution in [2.45, 2.75) is 0 Å². The summed E-state index contributed by atoms with van der Waals surface area (Å²) >= 11 is 1.31. The molecular formula is C3HF2I. The van der Waals surface area contributed by atoms with Gasteiger partial charge in [-0.15, -0.1) is 0 Å². The zero-order valence-electron chi connectivity index (χ0n) is 2.71. The van der Waals surface area contributed by atoms with Gasteiger partial charge in [0.2, 0.25) is 3.83 Å². The molecule has 0 aromatic heterocycles. The van der Waals surface area contributed by atoms with E-state index in [1.807, 2.05) is 0 Å². The van der Waals surface area contributed by atoms with E-state index in [9.17, 15) is 8.78 Å². The van der Waals surface area contributed by atoms with Gasteiger partial charge in [-0.05, 0) is 5.73 Å². The summed E-state index contributed by atoms with van der Waals surface area (Å²) < 4.78 is 21.3. The van der Waals surface area contributed by atoms with Crippen LogP contribution in [0.5, 0.6) is 0 Å². The molecule has 0 unspecified atom stereocenters. The summed E-state index contributed by atoms with van der Waals surface area (Å²) in [6.45, 7) is 0. The number of hydrogen-bond acceptors (Lipinski definition) is 0. The smallest absolute Gasteiger partial charge is 0.204 e. The van der Waals surface area contributed by atoms with Gasteiger partial charge in [0.25, 0.3) is 0 Å². The van der Waals surface area contributed by atoms with Gasteiger partial charge in [0, 0.05) is 22.6 Å². The van der Waals surface area contributed by atoms with E-state index < -0.39 is 3.83 Å². The first kappa shape index (κ1) is 6.11. The summed E-state index contributed by atoms with van der Waals surface area (Å²) in [6, 6.07) is 0. The maximum Gasteiger partial charge on any atom is 0.204 e. The Labute approximate surface area is 47.7 Å². The lowest BCUT2D eigenvalue weighted by Crippen LogP contribution is -1.36. The fourth-order valence-electron chi connectivity index (χ4n) is 0.0412. The Morgan fingerprint density at radius 2 is 2.33 bits per heavy atom. The molecular weight excluding hydrogens is 201 g/mol. The summed E-state index contributed by atoms with van der Waals surface area (Å²) in [5, 5.41) is 0. The molecule has 34 valence electrons. The van der Waals surface area contributed by atoms with Crippen LogP contribution in [0.2, 0.25) is 0 Å². The normalized spacial score (nSPS) is 6.50. The van der Waals surface area contributed by atoms with Gasteiger partial charge in [-0.2, -0.15) is 4.39 Å². The molecule has 0 amide bonds. The van der Waals surface area contributed by atoms with Crippen molar-refractivity contribution in [2.75, 3.05) is 0 Å². The molecule has 0 aliphatic carbocycles. The van der Waals surface area contributed by atoms with Gasteiger partial charge in [-0.3, -0.25) is 0 Å². The Morgan fingerprint density at radius 1 is 1.83 bits per heavy atom. The topological polar surface area (TPSA) is 0 Å². The maximum absolute atomic E-state index is 11.2. The first-order chi connectivity index (χ1) is 2.77. The minimum atomic E-state index is -0.671. The summed E-state index contributed by atoms with van der Waals surface area (Å²) in [5.41, 5.74) is 1.65. The van der Waals surface area contributed by atoms with Crippen LogP contribution in [-0.2, 0) is 0 Å². The summed E-state index contributed by atoms with van der Waals surface area (Å²) in [6.07, 6.45) is 0.0295. The Balaban J connectivity index is 3.73. The third kappa shape index (κ3) is 4.11. The molecule has 0 saturated heterocycles. The molecule has 0 aliphatic rings. The molecule has 0 rings (SSSR count). The van der Waals surface area contributed by atoms with E-state index in [-0.39, 0.29) is 6.33 Å². The summed E-state index contributed by atoms with van der Waals surface area (Å²) in [7, 11) is 0. The van der Waals surface area contributed by atoms with Crippen molar-refractivity contribution in [2.24, 2.45) is 0 Å². The van der Waals surface area contributed by atoms with Crippen molar-refractivity contribution in [3.63, 3.8) is 0 Å². The average Bonchev–Trinajstić information content (AvgIpc) is 1.35. The largest absolute Gasteiger partial charge is 0.206 e. The van der Waals surface area contributed by atoms with Gasteiger partial charge >= 0.3 is 0 Å². The molecule has 0 fully saturated rings. The van der Waals surface area contributed by atoms with Gasteiger partial charge in [0.05, 0.1) is 0 Å². The first-order valence-corrected chi connectivity index (χ1v) is 2.21. The van der Waals surface area contributed by atoms with Gasteiger partial charge in [-0.25, -0.2) is 4.39 Å². The van der Waals surface area contributed by atoms with Crippen LogP contribution < -0.4 is 0 Å². The molecule has 0 aromatic carbocycles. The molecule has 0 bridgehead atoms. The van der Waals surface area contributed by atoms with E-state index in [0.29, 0.717) is 0 Å². The van der Waals surface area contributed by atoms with Crippen LogP contribution in [0.15, 0.2) is 15.9 Å². The number of hydrogen-bond donors (Lipinski definition) is 0. The van der Waals surface area contributed by atoms with Crippen molar-refractivity contribution in [1.82, 2.24) is 0 Å². The van der Waals surface area contributed by atoms with Crippen molar-refractivity contribution in [1.29, 1.82) is 0 Å². The molecule has 0 atom stereocenters. The number of halogens is 3. The van der Waals surface area contributed by atoms with Gasteiger partial charge in [0.15, 0.2) is 0 Å². The van der Waals surface area contributed by atoms with Crippen LogP contribution in [0.25, 0.3) is 0 Å². The third-order valence-corrected chi connectivity index (χ3v) is 0.475. The zero-order valence-corrected chi connectivity index (χ0v) is 4.87. The maximum atomic E-state index is 11.2. The number of rotatable bonds is 0. The predicted octanol–water partition coefficient (Wildman–Crippen LogP) is 2.31. The molecule has 0 spiro atoms. The molecule has 0 saturated carbocycles. The SMILES string of the molecule is FC=C=C(F)I. The lowest BCUT2D eigenvalue weighted by Gasteiger charge is -1.60. The second-order valence-corrected chi connectivity index (χ2v) is 1.46. The summed E-state index contributed by atoms with van der Waals surface area (Å²) in [4.78, 5) is 0. The second-order valence-electron chi connectivity index (χ2n) is 0.514. The molecule has 0 N–H and O–H groups in total. The van der Waals surface area contributed by atoms with Crippen LogP contribution >= 0.6 is 22.6 Å². The van der Waals surface area contributed by atoms with Crippen LogP contribution in [-0.4, -0.2) is 0 Å². The highest BCUT2D eigenvalue weighted by molar-refractivity contribution is 14.1. The quantitative estimate of drug-likeness (QED) is 0.417. The molecule has 3 heteroatoms. The highest BCUT2D eigenvalue weighted by Gasteiger charge is 1.71. The van der Waals surface area contributed by atoms with Crippen molar-refractivity contribution in [3.8, 4) is 0 Å². The monoisotopic (exact) mass is 202 g/mol. The molecule has 0 aliphatic heterocycles. The van der Waals surface area contributed by atoms with Crippen molar-refractivity contribution in [3.05, 3.63) is 15.9 Å².